The lowest BCUT2D eigenvalue weighted by atomic mass is 9.93. The van der Waals surface area contributed by atoms with Crippen LogP contribution in [0.4, 0.5) is 11.6 Å². The van der Waals surface area contributed by atoms with Crippen molar-refractivity contribution in [3.63, 3.8) is 0 Å². The smallest absolute Gasteiger partial charge is 0.228 e. The van der Waals surface area contributed by atoms with Crippen LogP contribution in [0.2, 0.25) is 0 Å². The van der Waals surface area contributed by atoms with Crippen molar-refractivity contribution in [2.45, 2.75) is 38.0 Å². The Morgan fingerprint density at radius 3 is 2.77 bits per heavy atom. The van der Waals surface area contributed by atoms with E-state index >= 15 is 0 Å². The van der Waals surface area contributed by atoms with Gasteiger partial charge in [-0.25, -0.2) is 4.98 Å². The Balaban J connectivity index is 1.54. The summed E-state index contributed by atoms with van der Waals surface area (Å²) in [7, 11) is 0. The molecular formula is C23H25N5O2. The fourth-order valence-electron chi connectivity index (χ4n) is 5.13. The van der Waals surface area contributed by atoms with Crippen LogP contribution in [0, 0.1) is 0 Å². The van der Waals surface area contributed by atoms with E-state index in [1.807, 2.05) is 16.8 Å². The summed E-state index contributed by atoms with van der Waals surface area (Å²) in [6, 6.07) is 8.38. The summed E-state index contributed by atoms with van der Waals surface area (Å²) in [5.41, 5.74) is 6.59. The third-order valence-corrected chi connectivity index (χ3v) is 6.61. The van der Waals surface area contributed by atoms with E-state index in [4.69, 9.17) is 9.84 Å². The molecule has 1 amide bonds. The van der Waals surface area contributed by atoms with Gasteiger partial charge in [-0.05, 0) is 42.2 Å². The third kappa shape index (κ3) is 2.88. The number of nitrogens with zero attached hydrogens (tertiary/aromatic N) is 4. The van der Waals surface area contributed by atoms with E-state index in [0.717, 1.165) is 41.4 Å². The number of aromatic nitrogens is 3. The fourth-order valence-corrected chi connectivity index (χ4v) is 5.13. The summed E-state index contributed by atoms with van der Waals surface area (Å²) < 4.78 is 7.56. The van der Waals surface area contributed by atoms with Crippen molar-refractivity contribution in [3.05, 3.63) is 41.7 Å². The van der Waals surface area contributed by atoms with Gasteiger partial charge in [-0.3, -0.25) is 4.79 Å². The van der Waals surface area contributed by atoms with Gasteiger partial charge in [-0.15, -0.1) is 0 Å². The molecule has 3 aromatic rings. The first-order valence-corrected chi connectivity index (χ1v) is 10.9. The molecule has 7 heteroatoms. The Morgan fingerprint density at radius 1 is 1.10 bits per heavy atom. The average Bonchev–Trinajstić information content (AvgIpc) is 3.50. The first kappa shape index (κ1) is 17.9. The van der Waals surface area contributed by atoms with E-state index in [0.29, 0.717) is 25.6 Å². The topological polar surface area (TPSA) is 71.8 Å². The van der Waals surface area contributed by atoms with Crippen molar-refractivity contribution in [2.24, 2.45) is 0 Å². The van der Waals surface area contributed by atoms with Crippen LogP contribution in [0.25, 0.3) is 16.6 Å². The Labute approximate surface area is 175 Å². The SMILES string of the molecule is O=C1Cc2cc(-c3c(C4CCCC4)nn4c(N5CCOCC5)nccc34)ccc2N1. The molecule has 2 aromatic heterocycles. The highest BCUT2D eigenvalue weighted by molar-refractivity contribution is 6.00. The molecule has 3 aliphatic rings. The molecule has 1 N–H and O–H groups in total. The molecule has 0 unspecified atom stereocenters. The second-order valence-corrected chi connectivity index (χ2v) is 8.48. The Bertz CT molecular complexity index is 1130. The summed E-state index contributed by atoms with van der Waals surface area (Å²) >= 11 is 0. The van der Waals surface area contributed by atoms with Crippen LogP contribution in [0.1, 0.15) is 42.9 Å². The second kappa shape index (κ2) is 7.09. The molecule has 2 fully saturated rings. The van der Waals surface area contributed by atoms with Gasteiger partial charge in [0.15, 0.2) is 0 Å². The zero-order valence-corrected chi connectivity index (χ0v) is 16.9. The Kier molecular flexibility index (Phi) is 4.23. The molecule has 0 atom stereocenters. The first-order chi connectivity index (χ1) is 14.8. The lowest BCUT2D eigenvalue weighted by Gasteiger charge is -2.27. The molecule has 154 valence electrons. The van der Waals surface area contributed by atoms with Crippen LogP contribution in [0.15, 0.2) is 30.5 Å². The van der Waals surface area contributed by atoms with Crippen LogP contribution in [0.5, 0.6) is 0 Å². The zero-order chi connectivity index (χ0) is 20.1. The maximum atomic E-state index is 11.9. The minimum absolute atomic E-state index is 0.0665. The molecule has 0 spiro atoms. The van der Waals surface area contributed by atoms with E-state index in [1.165, 1.54) is 36.9 Å². The predicted octanol–water partition coefficient (Wildman–Crippen LogP) is 3.39. The van der Waals surface area contributed by atoms with Gasteiger partial charge in [0.2, 0.25) is 11.9 Å². The van der Waals surface area contributed by atoms with Gasteiger partial charge in [0.25, 0.3) is 0 Å². The number of hydrogen-bond acceptors (Lipinski definition) is 5. The Hall–Kier alpha value is -2.93. The van der Waals surface area contributed by atoms with Crippen molar-refractivity contribution in [1.82, 2.24) is 14.6 Å². The van der Waals surface area contributed by atoms with Crippen LogP contribution >= 0.6 is 0 Å². The number of rotatable bonds is 3. The zero-order valence-electron chi connectivity index (χ0n) is 16.9. The molecule has 1 aliphatic carbocycles. The highest BCUT2D eigenvalue weighted by Crippen LogP contribution is 2.42. The summed E-state index contributed by atoms with van der Waals surface area (Å²) in [5.74, 6) is 1.43. The number of nitrogens with one attached hydrogen (secondary N) is 1. The summed E-state index contributed by atoms with van der Waals surface area (Å²) in [4.78, 5) is 18.8. The number of anilines is 2. The van der Waals surface area contributed by atoms with Gasteiger partial charge >= 0.3 is 0 Å². The minimum atomic E-state index is 0.0665. The number of amides is 1. The second-order valence-electron chi connectivity index (χ2n) is 8.48. The summed E-state index contributed by atoms with van der Waals surface area (Å²) in [6.07, 6.45) is 7.22. The van der Waals surface area contributed by atoms with Crippen molar-refractivity contribution in [3.8, 4) is 11.1 Å². The maximum absolute atomic E-state index is 11.9. The third-order valence-electron chi connectivity index (χ3n) is 6.61. The van der Waals surface area contributed by atoms with Crippen LogP contribution in [-0.2, 0) is 16.0 Å². The maximum Gasteiger partial charge on any atom is 0.228 e. The van der Waals surface area contributed by atoms with Crippen LogP contribution < -0.4 is 10.2 Å². The largest absolute Gasteiger partial charge is 0.378 e. The van der Waals surface area contributed by atoms with E-state index < -0.39 is 0 Å². The van der Waals surface area contributed by atoms with Crippen molar-refractivity contribution in [1.29, 1.82) is 0 Å². The minimum Gasteiger partial charge on any atom is -0.378 e. The molecule has 1 saturated carbocycles. The molecule has 6 rings (SSSR count). The first-order valence-electron chi connectivity index (χ1n) is 10.9. The molecule has 7 nitrogen and oxygen atoms in total. The van der Waals surface area contributed by atoms with Gasteiger partial charge in [-0.2, -0.15) is 9.61 Å². The highest BCUT2D eigenvalue weighted by Gasteiger charge is 2.28. The monoisotopic (exact) mass is 403 g/mol. The highest BCUT2D eigenvalue weighted by atomic mass is 16.5. The van der Waals surface area contributed by atoms with E-state index in [-0.39, 0.29) is 5.91 Å². The lowest BCUT2D eigenvalue weighted by molar-refractivity contribution is -0.115. The summed E-state index contributed by atoms with van der Waals surface area (Å²) in [6.45, 7) is 3.08. The van der Waals surface area contributed by atoms with Gasteiger partial charge in [0, 0.05) is 36.5 Å². The Morgan fingerprint density at radius 2 is 1.93 bits per heavy atom. The number of hydrogen-bond donors (Lipinski definition) is 1. The number of benzene rings is 1. The van der Waals surface area contributed by atoms with Gasteiger partial charge in [0.1, 0.15) is 0 Å². The van der Waals surface area contributed by atoms with E-state index in [2.05, 4.69) is 33.4 Å². The number of fused-ring (bicyclic) bond motifs is 2. The number of carbonyl (C=O) groups excluding carboxylic acids is 1. The van der Waals surface area contributed by atoms with E-state index in [9.17, 15) is 4.79 Å². The molecule has 1 saturated heterocycles. The molecule has 2 aliphatic heterocycles. The van der Waals surface area contributed by atoms with Crippen LogP contribution in [0.3, 0.4) is 0 Å². The van der Waals surface area contributed by atoms with Crippen molar-refractivity contribution in [2.75, 3.05) is 36.5 Å². The van der Waals surface area contributed by atoms with Crippen molar-refractivity contribution >= 4 is 23.1 Å². The van der Waals surface area contributed by atoms with Gasteiger partial charge in [0.05, 0.1) is 30.8 Å². The van der Waals surface area contributed by atoms with Gasteiger partial charge in [-0.1, -0.05) is 18.9 Å². The number of carbonyl (C=O) groups is 1. The molecule has 4 heterocycles. The normalized spacial score (nSPS) is 19.5. The average molecular weight is 403 g/mol. The summed E-state index contributed by atoms with van der Waals surface area (Å²) in [5, 5.41) is 8.08. The van der Waals surface area contributed by atoms with E-state index in [1.54, 1.807) is 0 Å². The lowest BCUT2D eigenvalue weighted by Crippen LogP contribution is -2.38. The van der Waals surface area contributed by atoms with Crippen LogP contribution in [-0.4, -0.2) is 46.8 Å². The molecule has 0 bridgehead atoms. The fraction of sp³-hybridized carbons (Fsp3) is 0.435. The molecule has 1 aromatic carbocycles. The van der Waals surface area contributed by atoms with Crippen molar-refractivity contribution < 1.29 is 9.53 Å². The quantitative estimate of drug-likeness (QED) is 0.726. The number of morpholine rings is 1. The predicted molar refractivity (Wildman–Crippen MR) is 115 cm³/mol. The molecule has 0 radical (unpaired) electrons. The van der Waals surface area contributed by atoms with Gasteiger partial charge < -0.3 is 15.0 Å². The molecule has 30 heavy (non-hydrogen) atoms. The standard InChI is InChI=1S/C23H25N5O2/c29-20-14-17-13-16(5-6-18(17)25-20)21-19-7-8-24-23(27-9-11-30-12-10-27)28(19)26-22(21)15-3-1-2-4-15/h5-8,13,15H,1-4,9-12,14H2,(H,25,29). The molecular weight excluding hydrogens is 378 g/mol. The number of ether oxygens (including phenoxy) is 1.